The molecule has 1 aromatic heterocycles. The van der Waals surface area contributed by atoms with Gasteiger partial charge in [0.05, 0.1) is 37.7 Å². The Labute approximate surface area is 115 Å². The minimum Gasteiger partial charge on any atom is -0.377 e. The van der Waals surface area contributed by atoms with E-state index in [2.05, 4.69) is 22.6 Å². The zero-order valence-corrected chi connectivity index (χ0v) is 12.5. The van der Waals surface area contributed by atoms with Gasteiger partial charge in [0, 0.05) is 12.7 Å². The zero-order valence-electron chi connectivity index (χ0n) is 12.5. The Morgan fingerprint density at radius 1 is 1.26 bits per heavy atom. The molecule has 0 spiro atoms. The molecule has 0 saturated heterocycles. The highest BCUT2D eigenvalue weighted by molar-refractivity contribution is 4.91. The zero-order chi connectivity index (χ0) is 14.1. The van der Waals surface area contributed by atoms with Crippen molar-refractivity contribution >= 4 is 0 Å². The fourth-order valence-electron chi connectivity index (χ4n) is 1.45. The van der Waals surface area contributed by atoms with Crippen molar-refractivity contribution in [3.8, 4) is 0 Å². The number of hydrogen-bond donors (Lipinski definition) is 1. The minimum absolute atomic E-state index is 0.101. The summed E-state index contributed by atoms with van der Waals surface area (Å²) < 4.78 is 12.9. The van der Waals surface area contributed by atoms with Crippen LogP contribution in [-0.2, 0) is 22.6 Å². The first-order valence-corrected chi connectivity index (χ1v) is 6.82. The monoisotopic (exact) mass is 270 g/mol. The molecule has 1 aromatic rings. The SMILES string of the molecule is CCNCc1cn(CCOCCOC(C)(C)C)nn1. The molecule has 1 N–H and O–H groups in total. The Kier molecular flexibility index (Phi) is 6.97. The molecule has 0 bridgehead atoms. The summed E-state index contributed by atoms with van der Waals surface area (Å²) in [5, 5.41) is 11.3. The number of nitrogens with zero attached hydrogens (tertiary/aromatic N) is 3. The van der Waals surface area contributed by atoms with Crippen LogP contribution in [0.4, 0.5) is 0 Å². The van der Waals surface area contributed by atoms with Gasteiger partial charge in [0.15, 0.2) is 0 Å². The predicted molar refractivity (Wildman–Crippen MR) is 73.9 cm³/mol. The van der Waals surface area contributed by atoms with Crippen molar-refractivity contribution in [2.75, 3.05) is 26.4 Å². The summed E-state index contributed by atoms with van der Waals surface area (Å²) in [6.45, 7) is 12.4. The number of hydrogen-bond acceptors (Lipinski definition) is 5. The van der Waals surface area contributed by atoms with E-state index in [1.54, 1.807) is 4.68 Å². The molecule has 19 heavy (non-hydrogen) atoms. The summed E-state index contributed by atoms with van der Waals surface area (Å²) in [4.78, 5) is 0. The van der Waals surface area contributed by atoms with Gasteiger partial charge in [-0.25, -0.2) is 4.68 Å². The fourth-order valence-corrected chi connectivity index (χ4v) is 1.45. The lowest BCUT2D eigenvalue weighted by Crippen LogP contribution is -2.22. The van der Waals surface area contributed by atoms with Gasteiger partial charge in [-0.2, -0.15) is 0 Å². The molecule has 110 valence electrons. The first-order chi connectivity index (χ1) is 9.01. The Morgan fingerprint density at radius 3 is 2.74 bits per heavy atom. The molecule has 0 saturated carbocycles. The van der Waals surface area contributed by atoms with Gasteiger partial charge in [-0.3, -0.25) is 0 Å². The first kappa shape index (κ1) is 16.1. The molecule has 0 fully saturated rings. The molecule has 0 aliphatic heterocycles. The van der Waals surface area contributed by atoms with Gasteiger partial charge in [0.25, 0.3) is 0 Å². The maximum absolute atomic E-state index is 5.56. The second-order valence-corrected chi connectivity index (χ2v) is 5.33. The van der Waals surface area contributed by atoms with E-state index in [0.717, 1.165) is 18.8 Å². The molecule has 0 amide bonds. The van der Waals surface area contributed by atoms with Crippen LogP contribution in [0.15, 0.2) is 6.20 Å². The normalized spacial score (nSPS) is 12.0. The Balaban J connectivity index is 2.07. The third kappa shape index (κ3) is 7.92. The van der Waals surface area contributed by atoms with Crippen LogP contribution in [0.25, 0.3) is 0 Å². The third-order valence-corrected chi connectivity index (χ3v) is 2.37. The largest absolute Gasteiger partial charge is 0.377 e. The number of ether oxygens (including phenoxy) is 2. The molecule has 0 aromatic carbocycles. The van der Waals surface area contributed by atoms with Gasteiger partial charge < -0.3 is 14.8 Å². The van der Waals surface area contributed by atoms with Gasteiger partial charge in [0.2, 0.25) is 0 Å². The second-order valence-electron chi connectivity index (χ2n) is 5.33. The minimum atomic E-state index is -0.101. The lowest BCUT2D eigenvalue weighted by Gasteiger charge is -2.19. The van der Waals surface area contributed by atoms with Gasteiger partial charge in [-0.15, -0.1) is 5.10 Å². The van der Waals surface area contributed by atoms with Crippen molar-refractivity contribution in [1.29, 1.82) is 0 Å². The van der Waals surface area contributed by atoms with E-state index in [1.807, 2.05) is 27.0 Å². The van der Waals surface area contributed by atoms with Crippen molar-refractivity contribution in [3.05, 3.63) is 11.9 Å². The first-order valence-electron chi connectivity index (χ1n) is 6.82. The molecule has 1 rings (SSSR count). The summed E-state index contributed by atoms with van der Waals surface area (Å²) in [5.41, 5.74) is 0.856. The van der Waals surface area contributed by atoms with E-state index in [4.69, 9.17) is 9.47 Å². The van der Waals surface area contributed by atoms with Gasteiger partial charge in [-0.1, -0.05) is 12.1 Å². The van der Waals surface area contributed by atoms with Crippen LogP contribution < -0.4 is 5.32 Å². The summed E-state index contributed by atoms with van der Waals surface area (Å²) in [7, 11) is 0. The van der Waals surface area contributed by atoms with Crippen molar-refractivity contribution in [3.63, 3.8) is 0 Å². The Bertz CT molecular complexity index is 347. The second kappa shape index (κ2) is 8.24. The maximum atomic E-state index is 5.56. The summed E-state index contributed by atoms with van der Waals surface area (Å²) in [6, 6.07) is 0. The van der Waals surface area contributed by atoms with Crippen LogP contribution in [0.5, 0.6) is 0 Å². The van der Waals surface area contributed by atoms with Crippen LogP contribution in [0.1, 0.15) is 33.4 Å². The average molecular weight is 270 g/mol. The van der Waals surface area contributed by atoms with Crippen LogP contribution in [0.2, 0.25) is 0 Å². The standard InChI is InChI=1S/C13H26N4O2/c1-5-14-10-12-11-17(16-15-12)6-7-18-8-9-19-13(2,3)4/h11,14H,5-10H2,1-4H3. The highest BCUT2D eigenvalue weighted by atomic mass is 16.5. The molecule has 0 radical (unpaired) electrons. The van der Waals surface area contributed by atoms with E-state index in [-0.39, 0.29) is 5.60 Å². The van der Waals surface area contributed by atoms with E-state index in [1.165, 1.54) is 0 Å². The lowest BCUT2D eigenvalue weighted by atomic mass is 10.2. The quantitative estimate of drug-likeness (QED) is 0.684. The summed E-state index contributed by atoms with van der Waals surface area (Å²) in [6.07, 6.45) is 1.94. The van der Waals surface area contributed by atoms with Crippen molar-refractivity contribution in [2.45, 2.75) is 46.4 Å². The van der Waals surface area contributed by atoms with Crippen LogP contribution in [0.3, 0.4) is 0 Å². The average Bonchev–Trinajstić information content (AvgIpc) is 2.77. The predicted octanol–water partition coefficient (Wildman–Crippen LogP) is 1.22. The van der Waals surface area contributed by atoms with Crippen LogP contribution in [0, 0.1) is 0 Å². The van der Waals surface area contributed by atoms with E-state index < -0.39 is 0 Å². The molecular weight excluding hydrogens is 244 g/mol. The molecule has 1 heterocycles. The molecule has 0 unspecified atom stereocenters. The number of rotatable bonds is 9. The topological polar surface area (TPSA) is 61.2 Å². The molecule has 6 nitrogen and oxygen atoms in total. The fraction of sp³-hybridized carbons (Fsp3) is 0.846. The maximum Gasteiger partial charge on any atom is 0.0964 e. The summed E-state index contributed by atoms with van der Waals surface area (Å²) >= 11 is 0. The molecule has 0 aliphatic rings. The summed E-state index contributed by atoms with van der Waals surface area (Å²) in [5.74, 6) is 0. The Hall–Kier alpha value is -0.980. The number of nitrogens with one attached hydrogen (secondary N) is 1. The van der Waals surface area contributed by atoms with Gasteiger partial charge in [-0.05, 0) is 27.3 Å². The van der Waals surface area contributed by atoms with Crippen LogP contribution in [-0.4, -0.2) is 47.0 Å². The number of aromatic nitrogens is 3. The van der Waals surface area contributed by atoms with E-state index >= 15 is 0 Å². The van der Waals surface area contributed by atoms with Crippen LogP contribution >= 0.6 is 0 Å². The van der Waals surface area contributed by atoms with E-state index in [9.17, 15) is 0 Å². The molecule has 0 atom stereocenters. The molecular formula is C13H26N4O2. The van der Waals surface area contributed by atoms with Gasteiger partial charge in [0.1, 0.15) is 0 Å². The van der Waals surface area contributed by atoms with E-state index in [0.29, 0.717) is 26.4 Å². The lowest BCUT2D eigenvalue weighted by molar-refractivity contribution is -0.0359. The smallest absolute Gasteiger partial charge is 0.0964 e. The molecule has 0 aliphatic carbocycles. The van der Waals surface area contributed by atoms with Crippen molar-refractivity contribution in [2.24, 2.45) is 0 Å². The van der Waals surface area contributed by atoms with Crippen molar-refractivity contribution < 1.29 is 9.47 Å². The third-order valence-electron chi connectivity index (χ3n) is 2.37. The molecule has 6 heteroatoms. The Morgan fingerprint density at radius 2 is 2.05 bits per heavy atom. The van der Waals surface area contributed by atoms with Gasteiger partial charge >= 0.3 is 0 Å². The highest BCUT2D eigenvalue weighted by Crippen LogP contribution is 2.05. The highest BCUT2D eigenvalue weighted by Gasteiger charge is 2.08. The van der Waals surface area contributed by atoms with Crippen molar-refractivity contribution in [1.82, 2.24) is 20.3 Å².